The van der Waals surface area contributed by atoms with Crippen LogP contribution in [-0.2, 0) is 6.54 Å². The maximum atomic E-state index is 9.15. The topological polar surface area (TPSA) is 68.8 Å². The average molecular weight is 298 g/mol. The fourth-order valence-corrected chi connectivity index (χ4v) is 2.17. The van der Waals surface area contributed by atoms with E-state index in [4.69, 9.17) is 26.9 Å². The SMILES string of the molecule is COc1cccc(C#N)c1NCc1ccc(C#N)cc1Cl. The Morgan fingerprint density at radius 2 is 2.00 bits per heavy atom. The van der Waals surface area contributed by atoms with Crippen LogP contribution in [0.4, 0.5) is 5.69 Å². The molecule has 2 rings (SSSR count). The zero-order valence-electron chi connectivity index (χ0n) is 11.4. The quantitative estimate of drug-likeness (QED) is 0.934. The van der Waals surface area contributed by atoms with Crippen LogP contribution in [0.2, 0.25) is 5.02 Å². The lowest BCUT2D eigenvalue weighted by molar-refractivity contribution is 0.416. The van der Waals surface area contributed by atoms with Crippen LogP contribution in [0, 0.1) is 22.7 Å². The first-order chi connectivity index (χ1) is 10.2. The highest BCUT2D eigenvalue weighted by Gasteiger charge is 2.09. The molecule has 0 atom stereocenters. The van der Waals surface area contributed by atoms with Gasteiger partial charge in [-0.05, 0) is 29.8 Å². The number of methoxy groups -OCH3 is 1. The van der Waals surface area contributed by atoms with Crippen LogP contribution in [0.15, 0.2) is 36.4 Å². The van der Waals surface area contributed by atoms with Gasteiger partial charge in [0.1, 0.15) is 11.8 Å². The van der Waals surface area contributed by atoms with Crippen LogP contribution in [0.25, 0.3) is 0 Å². The first-order valence-corrected chi connectivity index (χ1v) is 6.57. The van der Waals surface area contributed by atoms with Crippen molar-refractivity contribution in [1.29, 1.82) is 10.5 Å². The molecule has 1 N–H and O–H groups in total. The van der Waals surface area contributed by atoms with Crippen LogP contribution < -0.4 is 10.1 Å². The van der Waals surface area contributed by atoms with Crippen molar-refractivity contribution < 1.29 is 4.74 Å². The monoisotopic (exact) mass is 297 g/mol. The Labute approximate surface area is 128 Å². The van der Waals surface area contributed by atoms with E-state index in [1.165, 1.54) is 0 Å². The first kappa shape index (κ1) is 14.7. The van der Waals surface area contributed by atoms with Crippen molar-refractivity contribution in [1.82, 2.24) is 0 Å². The fraction of sp³-hybridized carbons (Fsp3) is 0.125. The van der Waals surface area contributed by atoms with Gasteiger partial charge in [-0.2, -0.15) is 10.5 Å². The second kappa shape index (κ2) is 6.65. The Kier molecular flexibility index (Phi) is 4.66. The second-order valence-corrected chi connectivity index (χ2v) is 4.67. The summed E-state index contributed by atoms with van der Waals surface area (Å²) in [5, 5.41) is 21.6. The van der Waals surface area contributed by atoms with Crippen LogP contribution in [0.3, 0.4) is 0 Å². The molecule has 0 amide bonds. The van der Waals surface area contributed by atoms with Crippen molar-refractivity contribution in [2.24, 2.45) is 0 Å². The van der Waals surface area contributed by atoms with E-state index in [-0.39, 0.29) is 0 Å². The Morgan fingerprint density at radius 3 is 2.62 bits per heavy atom. The first-order valence-electron chi connectivity index (χ1n) is 6.19. The highest BCUT2D eigenvalue weighted by Crippen LogP contribution is 2.29. The molecule has 5 heteroatoms. The minimum atomic E-state index is 0.430. The summed E-state index contributed by atoms with van der Waals surface area (Å²) in [6.45, 7) is 0.430. The van der Waals surface area contributed by atoms with Gasteiger partial charge in [0.2, 0.25) is 0 Å². The molecule has 0 bridgehead atoms. The Hall–Kier alpha value is -2.69. The molecule has 2 aromatic rings. The lowest BCUT2D eigenvalue weighted by atomic mass is 10.1. The normalized spacial score (nSPS) is 9.52. The van der Waals surface area contributed by atoms with E-state index >= 15 is 0 Å². The number of nitriles is 2. The molecular weight excluding hydrogens is 286 g/mol. The minimum Gasteiger partial charge on any atom is -0.495 e. The van der Waals surface area contributed by atoms with Crippen molar-refractivity contribution in [3.63, 3.8) is 0 Å². The van der Waals surface area contributed by atoms with Crippen molar-refractivity contribution in [2.75, 3.05) is 12.4 Å². The molecule has 104 valence electrons. The second-order valence-electron chi connectivity index (χ2n) is 4.27. The van der Waals surface area contributed by atoms with E-state index in [9.17, 15) is 0 Å². The Balaban J connectivity index is 2.25. The number of ether oxygens (including phenoxy) is 1. The van der Waals surface area contributed by atoms with Gasteiger partial charge in [-0.25, -0.2) is 0 Å². The van der Waals surface area contributed by atoms with Gasteiger partial charge in [-0.3, -0.25) is 0 Å². The summed E-state index contributed by atoms with van der Waals surface area (Å²) < 4.78 is 5.25. The molecule has 0 aromatic heterocycles. The van der Waals surface area contributed by atoms with Crippen LogP contribution >= 0.6 is 11.6 Å². The maximum absolute atomic E-state index is 9.15. The summed E-state index contributed by atoms with van der Waals surface area (Å²) in [6.07, 6.45) is 0. The van der Waals surface area contributed by atoms with Gasteiger partial charge in [-0.1, -0.05) is 23.7 Å². The molecule has 0 spiro atoms. The Morgan fingerprint density at radius 1 is 1.19 bits per heavy atom. The molecule has 0 saturated carbocycles. The van der Waals surface area contributed by atoms with Crippen molar-refractivity contribution in [2.45, 2.75) is 6.54 Å². The standard InChI is InChI=1S/C16H12ClN3O/c1-21-15-4-2-3-12(9-19)16(15)20-10-13-6-5-11(8-18)7-14(13)17/h2-7,20H,10H2,1H3. The van der Waals surface area contributed by atoms with Gasteiger partial charge in [0.15, 0.2) is 0 Å². The summed E-state index contributed by atoms with van der Waals surface area (Å²) in [4.78, 5) is 0. The van der Waals surface area contributed by atoms with Gasteiger partial charge < -0.3 is 10.1 Å². The van der Waals surface area contributed by atoms with Gasteiger partial charge in [0, 0.05) is 11.6 Å². The molecule has 0 aliphatic carbocycles. The number of halogens is 1. The third-order valence-electron chi connectivity index (χ3n) is 3.00. The number of para-hydroxylation sites is 1. The number of benzene rings is 2. The third kappa shape index (κ3) is 3.25. The van der Waals surface area contributed by atoms with Crippen LogP contribution in [0.1, 0.15) is 16.7 Å². The van der Waals surface area contributed by atoms with E-state index in [1.54, 1.807) is 43.5 Å². The van der Waals surface area contributed by atoms with E-state index in [2.05, 4.69) is 11.4 Å². The molecule has 2 aromatic carbocycles. The molecule has 0 saturated heterocycles. The predicted octanol–water partition coefficient (Wildman–Crippen LogP) is 3.70. The predicted molar refractivity (Wildman–Crippen MR) is 81.2 cm³/mol. The van der Waals surface area contributed by atoms with Gasteiger partial charge in [0.05, 0.1) is 30.0 Å². The molecule has 0 aliphatic rings. The molecule has 0 fully saturated rings. The van der Waals surface area contributed by atoms with E-state index in [0.717, 1.165) is 5.56 Å². The molecule has 0 radical (unpaired) electrons. The van der Waals surface area contributed by atoms with Crippen LogP contribution in [-0.4, -0.2) is 7.11 Å². The molecule has 21 heavy (non-hydrogen) atoms. The molecule has 0 unspecified atom stereocenters. The van der Waals surface area contributed by atoms with Gasteiger partial charge in [0.25, 0.3) is 0 Å². The van der Waals surface area contributed by atoms with Crippen molar-refractivity contribution in [3.05, 3.63) is 58.1 Å². The zero-order chi connectivity index (χ0) is 15.2. The van der Waals surface area contributed by atoms with E-state index in [0.29, 0.717) is 34.1 Å². The molecule has 4 nitrogen and oxygen atoms in total. The zero-order valence-corrected chi connectivity index (χ0v) is 12.1. The summed E-state index contributed by atoms with van der Waals surface area (Å²) in [5.74, 6) is 0.596. The van der Waals surface area contributed by atoms with E-state index in [1.807, 2.05) is 6.07 Å². The maximum Gasteiger partial charge on any atom is 0.143 e. The molecular formula is C16H12ClN3O. The smallest absolute Gasteiger partial charge is 0.143 e. The molecule has 0 aliphatic heterocycles. The van der Waals surface area contributed by atoms with Gasteiger partial charge >= 0.3 is 0 Å². The number of hydrogen-bond acceptors (Lipinski definition) is 4. The number of nitrogens with one attached hydrogen (secondary N) is 1. The van der Waals surface area contributed by atoms with Crippen LogP contribution in [0.5, 0.6) is 5.75 Å². The Bertz CT molecular complexity index is 744. The summed E-state index contributed by atoms with van der Waals surface area (Å²) >= 11 is 6.13. The number of nitrogens with zero attached hydrogens (tertiary/aromatic N) is 2. The summed E-state index contributed by atoms with van der Waals surface area (Å²) in [7, 11) is 1.55. The van der Waals surface area contributed by atoms with Crippen molar-refractivity contribution >= 4 is 17.3 Å². The third-order valence-corrected chi connectivity index (χ3v) is 3.36. The average Bonchev–Trinajstić information content (AvgIpc) is 2.53. The van der Waals surface area contributed by atoms with Gasteiger partial charge in [-0.15, -0.1) is 0 Å². The minimum absolute atomic E-state index is 0.430. The lowest BCUT2D eigenvalue weighted by Gasteiger charge is -2.13. The lowest BCUT2D eigenvalue weighted by Crippen LogP contribution is -2.04. The summed E-state index contributed by atoms with van der Waals surface area (Å²) in [6, 6.07) is 14.5. The molecule has 0 heterocycles. The highest BCUT2D eigenvalue weighted by molar-refractivity contribution is 6.31. The fourth-order valence-electron chi connectivity index (χ4n) is 1.92. The number of rotatable bonds is 4. The largest absolute Gasteiger partial charge is 0.495 e. The number of anilines is 1. The van der Waals surface area contributed by atoms with Crippen molar-refractivity contribution in [3.8, 4) is 17.9 Å². The summed E-state index contributed by atoms with van der Waals surface area (Å²) in [5.41, 5.74) is 2.48. The number of hydrogen-bond donors (Lipinski definition) is 1. The highest BCUT2D eigenvalue weighted by atomic mass is 35.5. The van der Waals surface area contributed by atoms with E-state index < -0.39 is 0 Å².